The number of carbonyl (C=O) groups excluding carboxylic acids is 2. The van der Waals surface area contributed by atoms with Gasteiger partial charge < -0.3 is 18.9 Å². The Morgan fingerprint density at radius 3 is 2.37 bits per heavy atom. The van der Waals surface area contributed by atoms with Crippen molar-refractivity contribution in [3.05, 3.63) is 96.1 Å². The summed E-state index contributed by atoms with van der Waals surface area (Å²) in [6, 6.07) is 25.2. The first-order valence-electron chi connectivity index (χ1n) is 12.1. The SMILES string of the molecule is CCOc1cc(/C=N\NC(=O)[C@@H](C)Oc2ccc3ccccc3c2)ccc1OC(=O)c1ccc(OC)cc1. The number of hydrogen-bond acceptors (Lipinski definition) is 7. The van der Waals surface area contributed by atoms with Gasteiger partial charge in [0.25, 0.3) is 5.91 Å². The molecule has 0 bridgehead atoms. The molecule has 194 valence electrons. The van der Waals surface area contributed by atoms with Gasteiger partial charge in [0.2, 0.25) is 0 Å². The van der Waals surface area contributed by atoms with Gasteiger partial charge in [-0.2, -0.15) is 5.10 Å². The van der Waals surface area contributed by atoms with Crippen LogP contribution in [0.1, 0.15) is 29.8 Å². The van der Waals surface area contributed by atoms with Gasteiger partial charge in [0.1, 0.15) is 11.5 Å². The van der Waals surface area contributed by atoms with Gasteiger partial charge in [-0.1, -0.05) is 30.3 Å². The van der Waals surface area contributed by atoms with Crippen molar-refractivity contribution in [3.8, 4) is 23.0 Å². The molecule has 0 spiro atoms. The summed E-state index contributed by atoms with van der Waals surface area (Å²) in [5.41, 5.74) is 3.50. The lowest BCUT2D eigenvalue weighted by Gasteiger charge is -2.13. The molecule has 0 saturated heterocycles. The third-order valence-electron chi connectivity index (χ3n) is 5.59. The fourth-order valence-corrected chi connectivity index (χ4v) is 3.60. The highest BCUT2D eigenvalue weighted by atomic mass is 16.6. The van der Waals surface area contributed by atoms with Crippen LogP contribution in [0, 0.1) is 0 Å². The van der Waals surface area contributed by atoms with Crippen molar-refractivity contribution in [3.63, 3.8) is 0 Å². The summed E-state index contributed by atoms with van der Waals surface area (Å²) in [6.07, 6.45) is 0.713. The average Bonchev–Trinajstić information content (AvgIpc) is 2.94. The van der Waals surface area contributed by atoms with Gasteiger partial charge in [-0.05, 0) is 84.8 Å². The number of rotatable bonds is 10. The summed E-state index contributed by atoms with van der Waals surface area (Å²) >= 11 is 0. The molecule has 4 aromatic carbocycles. The fraction of sp³-hybridized carbons (Fsp3) is 0.167. The van der Waals surface area contributed by atoms with Crippen molar-refractivity contribution >= 4 is 28.9 Å². The van der Waals surface area contributed by atoms with Crippen molar-refractivity contribution in [2.45, 2.75) is 20.0 Å². The number of methoxy groups -OCH3 is 1. The molecule has 0 aromatic heterocycles. The Morgan fingerprint density at radius 1 is 0.895 bits per heavy atom. The lowest BCUT2D eigenvalue weighted by molar-refractivity contribution is -0.127. The average molecular weight is 513 g/mol. The van der Waals surface area contributed by atoms with Crippen molar-refractivity contribution in [1.82, 2.24) is 5.43 Å². The molecule has 0 fully saturated rings. The third-order valence-corrected chi connectivity index (χ3v) is 5.59. The maximum Gasteiger partial charge on any atom is 0.343 e. The van der Waals surface area contributed by atoms with Crippen LogP contribution in [0.15, 0.2) is 90.0 Å². The molecule has 0 aliphatic rings. The molecule has 0 radical (unpaired) electrons. The molecule has 1 atom stereocenters. The van der Waals surface area contributed by atoms with Crippen LogP contribution in [0.4, 0.5) is 0 Å². The van der Waals surface area contributed by atoms with E-state index < -0.39 is 18.0 Å². The number of amides is 1. The Bertz CT molecular complexity index is 1450. The van der Waals surface area contributed by atoms with E-state index in [1.54, 1.807) is 56.5 Å². The molecule has 8 nitrogen and oxygen atoms in total. The Labute approximate surface area is 220 Å². The number of ether oxygens (including phenoxy) is 4. The molecule has 0 saturated carbocycles. The van der Waals surface area contributed by atoms with Gasteiger partial charge in [-0.15, -0.1) is 0 Å². The van der Waals surface area contributed by atoms with E-state index in [2.05, 4.69) is 10.5 Å². The second-order valence-electron chi connectivity index (χ2n) is 8.26. The highest BCUT2D eigenvalue weighted by Crippen LogP contribution is 2.29. The summed E-state index contributed by atoms with van der Waals surface area (Å²) in [4.78, 5) is 25.0. The van der Waals surface area contributed by atoms with Gasteiger partial charge in [0.15, 0.2) is 17.6 Å². The predicted octanol–water partition coefficient (Wildman–Crippen LogP) is 5.38. The van der Waals surface area contributed by atoms with Crippen molar-refractivity contribution < 1.29 is 28.5 Å². The predicted molar refractivity (Wildman–Crippen MR) is 145 cm³/mol. The standard InChI is InChI=1S/C30H28N2O6/c1-4-36-28-17-21(9-16-27(28)38-30(34)23-11-13-25(35-3)14-12-23)19-31-32-29(33)20(2)37-26-15-10-22-7-5-6-8-24(22)18-26/h5-20H,4H2,1-3H3,(H,32,33)/b31-19-/t20-/m1/s1. The second kappa shape index (κ2) is 12.4. The number of nitrogens with zero attached hydrogens (tertiary/aromatic N) is 1. The summed E-state index contributed by atoms with van der Waals surface area (Å²) in [7, 11) is 1.55. The van der Waals surface area contributed by atoms with Crippen LogP contribution in [0.25, 0.3) is 10.8 Å². The maximum atomic E-state index is 12.6. The van der Waals surface area contributed by atoms with Crippen molar-refractivity contribution in [2.75, 3.05) is 13.7 Å². The van der Waals surface area contributed by atoms with Crippen LogP contribution < -0.4 is 24.4 Å². The number of nitrogens with one attached hydrogen (secondary N) is 1. The number of fused-ring (bicyclic) bond motifs is 1. The van der Waals surface area contributed by atoms with Crippen LogP contribution in [-0.2, 0) is 4.79 Å². The molecular weight excluding hydrogens is 484 g/mol. The second-order valence-corrected chi connectivity index (χ2v) is 8.26. The molecule has 4 rings (SSSR count). The van der Waals surface area contributed by atoms with Gasteiger partial charge in [-0.25, -0.2) is 10.2 Å². The highest BCUT2D eigenvalue weighted by molar-refractivity contribution is 5.92. The molecule has 8 heteroatoms. The van der Waals surface area contributed by atoms with Crippen molar-refractivity contribution in [1.29, 1.82) is 0 Å². The molecular formula is C30H28N2O6. The zero-order chi connectivity index (χ0) is 26.9. The Kier molecular flexibility index (Phi) is 8.56. The van der Waals surface area contributed by atoms with E-state index in [-0.39, 0.29) is 5.75 Å². The molecule has 1 amide bonds. The van der Waals surface area contributed by atoms with Gasteiger partial charge in [0, 0.05) is 0 Å². The first kappa shape index (κ1) is 26.2. The van der Waals surface area contributed by atoms with Gasteiger partial charge in [0.05, 0.1) is 25.5 Å². The first-order chi connectivity index (χ1) is 18.5. The van der Waals surface area contributed by atoms with E-state index in [4.69, 9.17) is 18.9 Å². The minimum absolute atomic E-state index is 0.270. The summed E-state index contributed by atoms with van der Waals surface area (Å²) in [6.45, 7) is 3.85. The number of hydrazone groups is 1. The molecule has 0 heterocycles. The molecule has 0 aliphatic carbocycles. The smallest absolute Gasteiger partial charge is 0.343 e. The minimum atomic E-state index is -0.757. The zero-order valence-electron chi connectivity index (χ0n) is 21.3. The topological polar surface area (TPSA) is 95.5 Å². The third kappa shape index (κ3) is 6.67. The number of benzene rings is 4. The van der Waals surface area contributed by atoms with E-state index in [0.717, 1.165) is 10.8 Å². The van der Waals surface area contributed by atoms with Crippen LogP contribution in [-0.4, -0.2) is 37.9 Å². The van der Waals surface area contributed by atoms with Crippen LogP contribution in [0.5, 0.6) is 23.0 Å². The number of esters is 1. The summed E-state index contributed by atoms with van der Waals surface area (Å²) in [5.74, 6) is 0.953. The van der Waals surface area contributed by atoms with E-state index in [1.165, 1.54) is 6.21 Å². The monoisotopic (exact) mass is 512 g/mol. The van der Waals surface area contributed by atoms with Gasteiger partial charge >= 0.3 is 5.97 Å². The Hall–Kier alpha value is -4.85. The molecule has 0 unspecified atom stereocenters. The van der Waals surface area contributed by atoms with Crippen molar-refractivity contribution in [2.24, 2.45) is 5.10 Å². The summed E-state index contributed by atoms with van der Waals surface area (Å²) < 4.78 is 22.1. The Morgan fingerprint density at radius 2 is 1.63 bits per heavy atom. The molecule has 38 heavy (non-hydrogen) atoms. The largest absolute Gasteiger partial charge is 0.497 e. The van der Waals surface area contributed by atoms with E-state index in [1.807, 2.05) is 49.4 Å². The van der Waals surface area contributed by atoms with E-state index in [9.17, 15) is 9.59 Å². The molecule has 1 N–H and O–H groups in total. The number of hydrogen-bond donors (Lipinski definition) is 1. The first-order valence-corrected chi connectivity index (χ1v) is 12.1. The maximum absolute atomic E-state index is 12.6. The van der Waals surface area contributed by atoms with E-state index >= 15 is 0 Å². The number of carbonyl (C=O) groups is 2. The van der Waals surface area contributed by atoms with Crippen LogP contribution in [0.2, 0.25) is 0 Å². The molecule has 0 aliphatic heterocycles. The van der Waals surface area contributed by atoms with Gasteiger partial charge in [-0.3, -0.25) is 4.79 Å². The highest BCUT2D eigenvalue weighted by Gasteiger charge is 2.15. The quantitative estimate of drug-likeness (QED) is 0.133. The normalized spacial score (nSPS) is 11.7. The Balaban J connectivity index is 1.37. The lowest BCUT2D eigenvalue weighted by atomic mass is 10.1. The minimum Gasteiger partial charge on any atom is -0.497 e. The molecule has 4 aromatic rings. The van der Waals surface area contributed by atoms with Crippen LogP contribution in [0.3, 0.4) is 0 Å². The van der Waals surface area contributed by atoms with Crippen LogP contribution >= 0.6 is 0 Å². The van der Waals surface area contributed by atoms with E-state index in [0.29, 0.717) is 35.0 Å². The zero-order valence-corrected chi connectivity index (χ0v) is 21.3. The lowest BCUT2D eigenvalue weighted by Crippen LogP contribution is -2.33. The fourth-order valence-electron chi connectivity index (χ4n) is 3.60. The summed E-state index contributed by atoms with van der Waals surface area (Å²) in [5, 5.41) is 6.15.